The van der Waals surface area contributed by atoms with Gasteiger partial charge in [-0.05, 0) is 47.9 Å². The lowest BCUT2D eigenvalue weighted by Gasteiger charge is -2.10. The molecule has 0 spiro atoms. The lowest BCUT2D eigenvalue weighted by Crippen LogP contribution is -2.06. The summed E-state index contributed by atoms with van der Waals surface area (Å²) in [5.41, 5.74) is 2.38. The lowest BCUT2D eigenvalue weighted by molar-refractivity contribution is -0.384. The van der Waals surface area contributed by atoms with E-state index in [4.69, 9.17) is 16.3 Å². The second kappa shape index (κ2) is 8.01. The number of hydrogen-bond acceptors (Lipinski definition) is 4. The van der Waals surface area contributed by atoms with Crippen LogP contribution in [0.1, 0.15) is 27.0 Å². The highest BCUT2D eigenvalue weighted by Crippen LogP contribution is 2.26. The monoisotopic (exact) mass is 381 g/mol. The van der Waals surface area contributed by atoms with Crippen LogP contribution in [0.2, 0.25) is 5.02 Å². The van der Waals surface area contributed by atoms with E-state index in [9.17, 15) is 14.9 Å². The van der Waals surface area contributed by atoms with Gasteiger partial charge < -0.3 is 4.74 Å². The van der Waals surface area contributed by atoms with E-state index >= 15 is 0 Å². The number of carbonyl (C=O) groups excluding carboxylic acids is 1. The Balaban J connectivity index is 1.95. The van der Waals surface area contributed by atoms with E-state index in [1.165, 1.54) is 18.2 Å². The zero-order valence-corrected chi connectivity index (χ0v) is 15.3. The van der Waals surface area contributed by atoms with Gasteiger partial charge in [0.1, 0.15) is 5.75 Å². The summed E-state index contributed by atoms with van der Waals surface area (Å²) in [6.45, 7) is 0. The third-order valence-electron chi connectivity index (χ3n) is 4.24. The van der Waals surface area contributed by atoms with Crippen LogP contribution < -0.4 is 4.74 Å². The molecular weight excluding hydrogens is 366 g/mol. The molecule has 0 fully saturated rings. The Bertz CT molecular complexity index is 999. The molecule has 0 aliphatic rings. The van der Waals surface area contributed by atoms with Gasteiger partial charge in [0.15, 0.2) is 5.78 Å². The minimum absolute atomic E-state index is 0.0339. The summed E-state index contributed by atoms with van der Waals surface area (Å²) in [5, 5.41) is 11.5. The number of halogens is 1. The van der Waals surface area contributed by atoms with Crippen molar-refractivity contribution in [2.24, 2.45) is 0 Å². The molecule has 0 radical (unpaired) electrons. The van der Waals surface area contributed by atoms with Gasteiger partial charge >= 0.3 is 0 Å². The predicted octanol–water partition coefficient (Wildman–Crippen LogP) is 5.08. The van der Waals surface area contributed by atoms with Crippen molar-refractivity contribution < 1.29 is 14.5 Å². The number of non-ortho nitro benzene ring substituents is 1. The molecule has 0 atom stereocenters. The molecule has 0 bridgehead atoms. The van der Waals surface area contributed by atoms with Crippen LogP contribution in [-0.2, 0) is 6.42 Å². The van der Waals surface area contributed by atoms with Gasteiger partial charge in [-0.1, -0.05) is 35.9 Å². The first kappa shape index (κ1) is 18.6. The second-order valence-corrected chi connectivity index (χ2v) is 6.33. The molecule has 3 rings (SSSR count). The third kappa shape index (κ3) is 4.15. The molecule has 0 saturated carbocycles. The first-order valence-electron chi connectivity index (χ1n) is 8.19. The fourth-order valence-electron chi connectivity index (χ4n) is 2.81. The van der Waals surface area contributed by atoms with Crippen molar-refractivity contribution in [1.29, 1.82) is 0 Å². The maximum atomic E-state index is 12.9. The van der Waals surface area contributed by atoms with E-state index in [-0.39, 0.29) is 11.5 Å². The molecule has 0 heterocycles. The normalized spacial score (nSPS) is 10.4. The van der Waals surface area contributed by atoms with Crippen LogP contribution in [0.25, 0.3) is 0 Å². The van der Waals surface area contributed by atoms with Crippen molar-refractivity contribution >= 4 is 23.1 Å². The number of hydrogen-bond donors (Lipinski definition) is 0. The average molecular weight is 382 g/mol. The average Bonchev–Trinajstić information content (AvgIpc) is 2.69. The van der Waals surface area contributed by atoms with E-state index in [1.807, 2.05) is 12.1 Å². The molecule has 5 nitrogen and oxygen atoms in total. The van der Waals surface area contributed by atoms with Crippen LogP contribution in [0, 0.1) is 10.1 Å². The number of methoxy groups -OCH3 is 1. The van der Waals surface area contributed by atoms with Gasteiger partial charge in [-0.25, -0.2) is 0 Å². The van der Waals surface area contributed by atoms with Gasteiger partial charge in [-0.3, -0.25) is 14.9 Å². The number of rotatable bonds is 6. The first-order chi connectivity index (χ1) is 13.0. The molecule has 0 unspecified atom stereocenters. The molecule has 0 aromatic heterocycles. The maximum Gasteiger partial charge on any atom is 0.269 e. The van der Waals surface area contributed by atoms with E-state index in [1.54, 1.807) is 43.5 Å². The Kier molecular flexibility index (Phi) is 5.52. The van der Waals surface area contributed by atoms with Crippen LogP contribution in [0.15, 0.2) is 66.7 Å². The predicted molar refractivity (Wildman–Crippen MR) is 104 cm³/mol. The Hall–Kier alpha value is -3.18. The number of nitrogens with zero attached hydrogens (tertiary/aromatic N) is 1. The van der Waals surface area contributed by atoms with Gasteiger partial charge in [-0.2, -0.15) is 0 Å². The zero-order valence-electron chi connectivity index (χ0n) is 14.5. The van der Waals surface area contributed by atoms with Crippen LogP contribution in [0.3, 0.4) is 0 Å². The van der Waals surface area contributed by atoms with E-state index in [0.29, 0.717) is 33.9 Å². The van der Waals surface area contributed by atoms with E-state index in [2.05, 4.69) is 0 Å². The molecular formula is C21H16ClNO4. The number of nitro benzene ring substituents is 1. The van der Waals surface area contributed by atoms with Gasteiger partial charge in [-0.15, -0.1) is 0 Å². The molecule has 3 aromatic carbocycles. The Morgan fingerprint density at radius 2 is 1.74 bits per heavy atom. The molecule has 0 saturated heterocycles. The number of carbonyl (C=O) groups is 1. The largest absolute Gasteiger partial charge is 0.497 e. The minimum Gasteiger partial charge on any atom is -0.497 e. The van der Waals surface area contributed by atoms with Crippen molar-refractivity contribution in [3.05, 3.63) is 104 Å². The number of benzene rings is 3. The lowest BCUT2D eigenvalue weighted by atomic mass is 9.94. The van der Waals surface area contributed by atoms with Gasteiger partial charge in [0.05, 0.1) is 12.0 Å². The van der Waals surface area contributed by atoms with Crippen molar-refractivity contribution in [2.45, 2.75) is 6.42 Å². The molecule has 0 amide bonds. The topological polar surface area (TPSA) is 69.4 Å². The van der Waals surface area contributed by atoms with Gasteiger partial charge in [0.25, 0.3) is 5.69 Å². The summed E-state index contributed by atoms with van der Waals surface area (Å²) in [7, 11) is 1.56. The van der Waals surface area contributed by atoms with E-state index < -0.39 is 4.92 Å². The van der Waals surface area contributed by atoms with Crippen LogP contribution in [0.5, 0.6) is 5.75 Å². The highest BCUT2D eigenvalue weighted by atomic mass is 35.5. The Morgan fingerprint density at radius 3 is 2.41 bits per heavy atom. The summed E-state index contributed by atoms with van der Waals surface area (Å²) >= 11 is 6.21. The molecule has 6 heteroatoms. The Labute approximate surface area is 161 Å². The molecule has 0 aliphatic heterocycles. The minimum atomic E-state index is -0.464. The van der Waals surface area contributed by atoms with Crippen LogP contribution in [-0.4, -0.2) is 17.8 Å². The summed E-state index contributed by atoms with van der Waals surface area (Å²) in [4.78, 5) is 23.5. The van der Waals surface area contributed by atoms with Crippen molar-refractivity contribution in [3.8, 4) is 5.75 Å². The first-order valence-corrected chi connectivity index (χ1v) is 8.57. The van der Waals surface area contributed by atoms with Crippen molar-refractivity contribution in [1.82, 2.24) is 0 Å². The Morgan fingerprint density at radius 1 is 1.04 bits per heavy atom. The van der Waals surface area contributed by atoms with Crippen LogP contribution >= 0.6 is 11.6 Å². The maximum absolute atomic E-state index is 12.9. The second-order valence-electron chi connectivity index (χ2n) is 5.92. The molecule has 3 aromatic rings. The highest BCUT2D eigenvalue weighted by Gasteiger charge is 2.16. The van der Waals surface area contributed by atoms with Gasteiger partial charge in [0, 0.05) is 28.3 Å². The fourth-order valence-corrected chi connectivity index (χ4v) is 2.99. The SMILES string of the molecule is COc1ccc(C(=O)c2ccccc2Cc2cc([N+](=O)[O-])ccc2Cl)cc1. The standard InChI is InChI=1S/C21H16ClNO4/c1-27-18-9-6-14(7-10-18)21(24)19-5-3-2-4-15(19)12-16-13-17(23(25)26)8-11-20(16)22/h2-11,13H,12H2,1H3. The molecule has 27 heavy (non-hydrogen) atoms. The smallest absolute Gasteiger partial charge is 0.269 e. The van der Waals surface area contributed by atoms with E-state index in [0.717, 1.165) is 5.56 Å². The number of ketones is 1. The summed E-state index contributed by atoms with van der Waals surface area (Å²) in [6.07, 6.45) is 0.318. The van der Waals surface area contributed by atoms with Gasteiger partial charge in [0.2, 0.25) is 0 Å². The fraction of sp³-hybridized carbons (Fsp3) is 0.0952. The third-order valence-corrected chi connectivity index (χ3v) is 4.60. The number of ether oxygens (including phenoxy) is 1. The quantitative estimate of drug-likeness (QED) is 0.339. The number of nitro groups is 1. The van der Waals surface area contributed by atoms with Crippen molar-refractivity contribution in [2.75, 3.05) is 7.11 Å². The van der Waals surface area contributed by atoms with Crippen molar-refractivity contribution in [3.63, 3.8) is 0 Å². The summed E-state index contributed by atoms with van der Waals surface area (Å²) < 4.78 is 5.12. The highest BCUT2D eigenvalue weighted by molar-refractivity contribution is 6.31. The summed E-state index contributed by atoms with van der Waals surface area (Å²) in [5.74, 6) is 0.540. The summed E-state index contributed by atoms with van der Waals surface area (Å²) in [6, 6.07) is 18.4. The molecule has 0 N–H and O–H groups in total. The molecule has 0 aliphatic carbocycles. The zero-order chi connectivity index (χ0) is 19.4. The molecule has 136 valence electrons. The van der Waals surface area contributed by atoms with Crippen LogP contribution in [0.4, 0.5) is 5.69 Å².